The second-order valence-electron chi connectivity index (χ2n) is 6.94. The van der Waals surface area contributed by atoms with E-state index in [-0.39, 0.29) is 27.4 Å². The van der Waals surface area contributed by atoms with E-state index in [1.54, 1.807) is 17.5 Å². The van der Waals surface area contributed by atoms with Crippen molar-refractivity contribution in [3.05, 3.63) is 81.8 Å². The average molecular weight is 475 g/mol. The lowest BCUT2D eigenvalue weighted by Crippen LogP contribution is -2.03. The van der Waals surface area contributed by atoms with E-state index in [1.165, 1.54) is 56.9 Å². The third-order valence-electron chi connectivity index (χ3n) is 4.97. The van der Waals surface area contributed by atoms with Gasteiger partial charge in [-0.1, -0.05) is 6.07 Å². The Morgan fingerprint density at radius 3 is 2.35 bits per heavy atom. The lowest BCUT2D eigenvalue weighted by atomic mass is 9.96. The van der Waals surface area contributed by atoms with Gasteiger partial charge in [-0.3, -0.25) is 9.78 Å². The number of esters is 2. The molecule has 0 aliphatic carbocycles. The predicted octanol–water partition coefficient (Wildman–Crippen LogP) is 5.22. The van der Waals surface area contributed by atoms with Crippen molar-refractivity contribution in [2.24, 2.45) is 10.2 Å². The number of fused-ring (bicyclic) bond motifs is 1. The lowest BCUT2D eigenvalue weighted by Gasteiger charge is -2.11. The number of hydrogen-bond acceptors (Lipinski definition) is 10. The van der Waals surface area contributed by atoms with Gasteiger partial charge in [0.2, 0.25) is 0 Å². The molecule has 170 valence electrons. The van der Waals surface area contributed by atoms with Gasteiger partial charge in [0.05, 0.1) is 25.3 Å². The Morgan fingerprint density at radius 1 is 0.912 bits per heavy atom. The summed E-state index contributed by atoms with van der Waals surface area (Å²) in [5.41, 5.74) is 0.794. The second kappa shape index (κ2) is 9.59. The van der Waals surface area contributed by atoms with Crippen molar-refractivity contribution in [1.29, 1.82) is 0 Å². The van der Waals surface area contributed by atoms with Gasteiger partial charge in [-0.2, -0.15) is 0 Å². The highest BCUT2D eigenvalue weighted by Crippen LogP contribution is 2.41. The summed E-state index contributed by atoms with van der Waals surface area (Å²) >= 11 is 1.14. The minimum Gasteiger partial charge on any atom is -0.505 e. The average Bonchev–Trinajstić information content (AvgIpc) is 3.35. The van der Waals surface area contributed by atoms with Crippen molar-refractivity contribution in [2.75, 3.05) is 14.2 Å². The first kappa shape index (κ1) is 22.7. The van der Waals surface area contributed by atoms with E-state index in [2.05, 4.69) is 15.2 Å². The molecule has 2 aromatic carbocycles. The standard InChI is InChI=1S/C24H17N3O6S/c1-32-23(30)14-3-4-16-15(11-14)12-17(20(28)13-5-8-25-9-6-13)21(29)19(16)27-26-18-7-10-34-22(18)24(31)33-2/h3-12,29H,1-2H3/b27-26+. The van der Waals surface area contributed by atoms with Crippen LogP contribution in [0, 0.1) is 0 Å². The summed E-state index contributed by atoms with van der Waals surface area (Å²) in [5.74, 6) is -1.98. The zero-order valence-corrected chi connectivity index (χ0v) is 18.8. The molecule has 4 rings (SSSR count). The molecule has 4 aromatic rings. The number of thiophene rings is 1. The molecule has 1 N–H and O–H groups in total. The Morgan fingerprint density at radius 2 is 1.65 bits per heavy atom. The first-order valence-corrected chi connectivity index (χ1v) is 10.7. The molecule has 0 atom stereocenters. The molecule has 0 fully saturated rings. The van der Waals surface area contributed by atoms with Crippen molar-refractivity contribution in [1.82, 2.24) is 4.98 Å². The van der Waals surface area contributed by atoms with Crippen molar-refractivity contribution in [3.8, 4) is 5.75 Å². The van der Waals surface area contributed by atoms with Crippen LogP contribution in [0.25, 0.3) is 10.8 Å². The Balaban J connectivity index is 1.91. The maximum absolute atomic E-state index is 13.1. The Labute approximate surface area is 197 Å². The molecule has 0 spiro atoms. The molecule has 0 aliphatic rings. The van der Waals surface area contributed by atoms with Gasteiger partial charge in [0, 0.05) is 23.3 Å². The Bertz CT molecular complexity index is 1450. The monoisotopic (exact) mass is 475 g/mol. The van der Waals surface area contributed by atoms with Crippen LogP contribution in [-0.2, 0) is 9.47 Å². The first-order valence-electron chi connectivity index (χ1n) is 9.85. The number of nitrogens with zero attached hydrogens (tertiary/aromatic N) is 3. The highest BCUT2D eigenvalue weighted by molar-refractivity contribution is 7.12. The summed E-state index contributed by atoms with van der Waals surface area (Å²) < 4.78 is 9.54. The minimum absolute atomic E-state index is 0.00772. The predicted molar refractivity (Wildman–Crippen MR) is 124 cm³/mol. The van der Waals surface area contributed by atoms with Crippen LogP contribution in [0.2, 0.25) is 0 Å². The van der Waals surface area contributed by atoms with Gasteiger partial charge in [0.25, 0.3) is 0 Å². The zero-order chi connectivity index (χ0) is 24.2. The fraction of sp³-hybridized carbons (Fsp3) is 0.0833. The highest BCUT2D eigenvalue weighted by atomic mass is 32.1. The normalized spacial score (nSPS) is 11.0. The van der Waals surface area contributed by atoms with Gasteiger partial charge in [-0.05, 0) is 47.2 Å². The van der Waals surface area contributed by atoms with E-state index >= 15 is 0 Å². The number of rotatable bonds is 6. The number of aromatic nitrogens is 1. The van der Waals surface area contributed by atoms with Crippen LogP contribution in [0.4, 0.5) is 11.4 Å². The number of phenols is 1. The number of hydrogen-bond donors (Lipinski definition) is 1. The number of carbonyl (C=O) groups excluding carboxylic acids is 3. The van der Waals surface area contributed by atoms with Crippen LogP contribution in [0.15, 0.2) is 70.5 Å². The molecular weight excluding hydrogens is 458 g/mol. The summed E-state index contributed by atoms with van der Waals surface area (Å²) in [6.45, 7) is 0. The fourth-order valence-corrected chi connectivity index (χ4v) is 4.03. The molecule has 0 saturated heterocycles. The number of methoxy groups -OCH3 is 2. The topological polar surface area (TPSA) is 128 Å². The maximum Gasteiger partial charge on any atom is 0.350 e. The van der Waals surface area contributed by atoms with Crippen molar-refractivity contribution < 1.29 is 29.0 Å². The summed E-state index contributed by atoms with van der Waals surface area (Å²) in [6, 6.07) is 10.7. The van der Waals surface area contributed by atoms with Gasteiger partial charge < -0.3 is 14.6 Å². The Hall–Kier alpha value is -4.44. The number of ketones is 1. The smallest absolute Gasteiger partial charge is 0.350 e. The van der Waals surface area contributed by atoms with Crippen LogP contribution in [-0.4, -0.2) is 42.0 Å². The number of benzene rings is 2. The number of azo groups is 1. The largest absolute Gasteiger partial charge is 0.505 e. The van der Waals surface area contributed by atoms with Crippen LogP contribution >= 0.6 is 11.3 Å². The SMILES string of the molecule is COC(=O)c1ccc2c(/N=N/c3ccsc3C(=O)OC)c(O)c(C(=O)c3ccncc3)cc2c1. The molecule has 2 heterocycles. The summed E-state index contributed by atoms with van der Waals surface area (Å²) in [5, 5.41) is 21.9. The van der Waals surface area contributed by atoms with Gasteiger partial charge in [0.15, 0.2) is 11.5 Å². The molecule has 0 bridgehead atoms. The van der Waals surface area contributed by atoms with Gasteiger partial charge in [-0.25, -0.2) is 9.59 Å². The third kappa shape index (κ3) is 4.26. The molecule has 0 saturated carbocycles. The van der Waals surface area contributed by atoms with Gasteiger partial charge in [0.1, 0.15) is 16.3 Å². The quantitative estimate of drug-likeness (QED) is 0.230. The number of ether oxygens (including phenoxy) is 2. The molecule has 34 heavy (non-hydrogen) atoms. The number of aromatic hydroxyl groups is 1. The third-order valence-corrected chi connectivity index (χ3v) is 5.85. The van der Waals surface area contributed by atoms with Crippen molar-refractivity contribution in [2.45, 2.75) is 0 Å². The molecule has 0 amide bonds. The number of pyridine rings is 1. The molecule has 0 aliphatic heterocycles. The molecule has 2 aromatic heterocycles. The molecule has 10 heteroatoms. The van der Waals surface area contributed by atoms with E-state index in [1.807, 2.05) is 0 Å². The number of carbonyl (C=O) groups is 3. The van der Waals surface area contributed by atoms with Crippen LogP contribution in [0.1, 0.15) is 36.0 Å². The summed E-state index contributed by atoms with van der Waals surface area (Å²) in [7, 11) is 2.52. The van der Waals surface area contributed by atoms with Crippen LogP contribution in [0.5, 0.6) is 5.75 Å². The summed E-state index contributed by atoms with van der Waals surface area (Å²) in [4.78, 5) is 41.3. The van der Waals surface area contributed by atoms with E-state index in [0.29, 0.717) is 16.3 Å². The van der Waals surface area contributed by atoms with Crippen LogP contribution in [0.3, 0.4) is 0 Å². The molecule has 0 unspecified atom stereocenters. The van der Waals surface area contributed by atoms with E-state index in [0.717, 1.165) is 11.3 Å². The molecule has 0 radical (unpaired) electrons. The van der Waals surface area contributed by atoms with Gasteiger partial charge in [-0.15, -0.1) is 21.6 Å². The summed E-state index contributed by atoms with van der Waals surface area (Å²) in [6.07, 6.45) is 2.93. The van der Waals surface area contributed by atoms with Crippen LogP contribution < -0.4 is 0 Å². The van der Waals surface area contributed by atoms with Crippen molar-refractivity contribution in [3.63, 3.8) is 0 Å². The second-order valence-corrected chi connectivity index (χ2v) is 7.86. The van der Waals surface area contributed by atoms with E-state index in [4.69, 9.17) is 9.47 Å². The maximum atomic E-state index is 13.1. The molecular formula is C24H17N3O6S. The molecule has 9 nitrogen and oxygen atoms in total. The minimum atomic E-state index is -0.567. The fourth-order valence-electron chi connectivity index (χ4n) is 3.29. The zero-order valence-electron chi connectivity index (χ0n) is 18.0. The lowest BCUT2D eigenvalue weighted by molar-refractivity contribution is 0.0594. The van der Waals surface area contributed by atoms with Crippen molar-refractivity contribution >= 4 is 51.2 Å². The Kier molecular flexibility index (Phi) is 6.42. The van der Waals surface area contributed by atoms with E-state index < -0.39 is 23.5 Å². The van der Waals surface area contributed by atoms with Gasteiger partial charge >= 0.3 is 11.9 Å². The first-order chi connectivity index (χ1) is 16.4. The van der Waals surface area contributed by atoms with E-state index in [9.17, 15) is 19.5 Å². The highest BCUT2D eigenvalue weighted by Gasteiger charge is 2.21. The number of phenolic OH excluding ortho intramolecular Hbond substituents is 1.